The Labute approximate surface area is 135 Å². The van der Waals surface area contributed by atoms with Crippen LogP contribution in [0.5, 0.6) is 0 Å². The van der Waals surface area contributed by atoms with Gasteiger partial charge < -0.3 is 10.4 Å². The van der Waals surface area contributed by atoms with E-state index in [9.17, 15) is 5.11 Å². The molecule has 1 saturated carbocycles. The molecule has 2 rings (SSSR count). The summed E-state index contributed by atoms with van der Waals surface area (Å²) in [6, 6.07) is 5.86. The lowest BCUT2D eigenvalue weighted by Gasteiger charge is -2.46. The lowest BCUT2D eigenvalue weighted by Crippen LogP contribution is -2.52. The number of aliphatic hydroxyl groups excluding tert-OH is 1. The zero-order valence-electron chi connectivity index (χ0n) is 12.1. The summed E-state index contributed by atoms with van der Waals surface area (Å²) in [7, 11) is 0. The monoisotopic (exact) mass is 359 g/mol. The van der Waals surface area contributed by atoms with Crippen LogP contribution in [-0.2, 0) is 0 Å². The van der Waals surface area contributed by atoms with Gasteiger partial charge in [0.1, 0.15) is 0 Å². The molecule has 2 nitrogen and oxygen atoms in total. The first-order valence-electron chi connectivity index (χ1n) is 7.32. The average Bonchev–Trinajstić information content (AvgIpc) is 2.43. The lowest BCUT2D eigenvalue weighted by molar-refractivity contribution is 0.0898. The fourth-order valence-corrected chi connectivity index (χ4v) is 3.99. The molecule has 4 heteroatoms. The number of aliphatic hydroxyl groups is 1. The van der Waals surface area contributed by atoms with E-state index in [4.69, 9.17) is 11.6 Å². The van der Waals surface area contributed by atoms with Gasteiger partial charge in [0, 0.05) is 10.2 Å². The van der Waals surface area contributed by atoms with Gasteiger partial charge in [-0.05, 0) is 58.8 Å². The summed E-state index contributed by atoms with van der Waals surface area (Å²) in [5.41, 5.74) is 0.808. The van der Waals surface area contributed by atoms with E-state index in [1.807, 2.05) is 18.2 Å². The zero-order chi connectivity index (χ0) is 14.8. The van der Waals surface area contributed by atoms with Gasteiger partial charge in [-0.3, -0.25) is 0 Å². The molecular weight excluding hydrogens is 338 g/mol. The van der Waals surface area contributed by atoms with Crippen LogP contribution in [0.25, 0.3) is 0 Å². The fourth-order valence-electron chi connectivity index (χ4n) is 3.49. The molecule has 2 unspecified atom stereocenters. The minimum atomic E-state index is -0.209. The molecule has 1 aliphatic carbocycles. The van der Waals surface area contributed by atoms with Gasteiger partial charge >= 0.3 is 0 Å². The van der Waals surface area contributed by atoms with Crippen molar-refractivity contribution < 1.29 is 5.11 Å². The molecule has 0 aromatic heterocycles. The fraction of sp³-hybridized carbons (Fsp3) is 0.625. The molecule has 1 aliphatic rings. The first kappa shape index (κ1) is 16.1. The summed E-state index contributed by atoms with van der Waals surface area (Å²) in [6.45, 7) is 4.68. The van der Waals surface area contributed by atoms with Gasteiger partial charge in [-0.15, -0.1) is 0 Å². The molecule has 0 bridgehead atoms. The molecule has 2 atom stereocenters. The predicted octanol–water partition coefficient (Wildman–Crippen LogP) is 5.09. The van der Waals surface area contributed by atoms with E-state index in [-0.39, 0.29) is 12.1 Å². The Morgan fingerprint density at radius 3 is 2.80 bits per heavy atom. The second kappa shape index (κ2) is 6.67. The number of rotatable bonds is 4. The topological polar surface area (TPSA) is 32.3 Å². The van der Waals surface area contributed by atoms with Gasteiger partial charge in [0.2, 0.25) is 0 Å². The Morgan fingerprint density at radius 1 is 1.45 bits per heavy atom. The molecule has 0 saturated heterocycles. The first-order valence-corrected chi connectivity index (χ1v) is 8.50. The van der Waals surface area contributed by atoms with Crippen LogP contribution < -0.4 is 5.32 Å². The predicted molar refractivity (Wildman–Crippen MR) is 89.4 cm³/mol. The highest BCUT2D eigenvalue weighted by atomic mass is 79.9. The van der Waals surface area contributed by atoms with Crippen LogP contribution in [-0.4, -0.2) is 17.3 Å². The molecule has 20 heavy (non-hydrogen) atoms. The van der Waals surface area contributed by atoms with Gasteiger partial charge in [0.25, 0.3) is 0 Å². The van der Waals surface area contributed by atoms with E-state index in [0.29, 0.717) is 16.9 Å². The Morgan fingerprint density at radius 2 is 2.20 bits per heavy atom. The SMILES string of the molecule is CC(C)C1CCCCC1(CO)Nc1ccc(Cl)c(Br)c1. The van der Waals surface area contributed by atoms with E-state index >= 15 is 0 Å². The van der Waals surface area contributed by atoms with E-state index in [1.165, 1.54) is 19.3 Å². The number of benzene rings is 1. The standard InChI is InChI=1S/C16H23BrClNO/c1-11(2)13-5-3-4-8-16(13,10-20)19-12-6-7-15(18)14(17)9-12/h6-7,9,11,13,19-20H,3-5,8,10H2,1-2H3. The molecule has 0 spiro atoms. The number of hydrogen-bond donors (Lipinski definition) is 2. The number of anilines is 1. The summed E-state index contributed by atoms with van der Waals surface area (Å²) in [4.78, 5) is 0. The number of halogens is 2. The third-order valence-electron chi connectivity index (χ3n) is 4.50. The maximum Gasteiger partial charge on any atom is 0.0664 e. The van der Waals surface area contributed by atoms with Gasteiger partial charge in [-0.25, -0.2) is 0 Å². The van der Waals surface area contributed by atoms with E-state index in [2.05, 4.69) is 35.1 Å². The molecule has 2 N–H and O–H groups in total. The van der Waals surface area contributed by atoms with Crippen molar-refractivity contribution in [2.75, 3.05) is 11.9 Å². The first-order chi connectivity index (χ1) is 9.48. The van der Waals surface area contributed by atoms with Crippen LogP contribution in [0.1, 0.15) is 39.5 Å². The molecule has 1 aromatic rings. The Hall–Kier alpha value is -0.250. The molecule has 0 radical (unpaired) electrons. The summed E-state index contributed by atoms with van der Waals surface area (Å²) in [5, 5.41) is 14.4. The van der Waals surface area contributed by atoms with Crippen LogP contribution in [0, 0.1) is 11.8 Å². The molecule has 0 aliphatic heterocycles. The van der Waals surface area contributed by atoms with E-state index in [0.717, 1.165) is 16.6 Å². The molecule has 0 amide bonds. The van der Waals surface area contributed by atoms with Crippen LogP contribution in [0.4, 0.5) is 5.69 Å². The molecule has 1 fully saturated rings. The Bertz CT molecular complexity index is 466. The molecule has 1 aromatic carbocycles. The molecule has 112 valence electrons. The zero-order valence-corrected chi connectivity index (χ0v) is 14.5. The van der Waals surface area contributed by atoms with Crippen molar-refractivity contribution >= 4 is 33.2 Å². The van der Waals surface area contributed by atoms with Crippen LogP contribution >= 0.6 is 27.5 Å². The molecular formula is C16H23BrClNO. The van der Waals surface area contributed by atoms with E-state index in [1.54, 1.807) is 0 Å². The minimum Gasteiger partial charge on any atom is -0.394 e. The van der Waals surface area contributed by atoms with Crippen LogP contribution in [0.2, 0.25) is 5.02 Å². The number of hydrogen-bond acceptors (Lipinski definition) is 2. The largest absolute Gasteiger partial charge is 0.394 e. The Kier molecular flexibility index (Phi) is 5.38. The maximum atomic E-state index is 10.0. The molecule has 0 heterocycles. The highest BCUT2D eigenvalue weighted by Crippen LogP contribution is 2.41. The number of nitrogens with one attached hydrogen (secondary N) is 1. The van der Waals surface area contributed by atoms with Gasteiger partial charge in [-0.2, -0.15) is 0 Å². The second-order valence-electron chi connectivity index (χ2n) is 6.16. The smallest absolute Gasteiger partial charge is 0.0664 e. The third-order valence-corrected chi connectivity index (χ3v) is 5.71. The van der Waals surface area contributed by atoms with Gasteiger partial charge in [-0.1, -0.05) is 38.3 Å². The van der Waals surface area contributed by atoms with Crippen molar-refractivity contribution in [1.29, 1.82) is 0 Å². The normalized spacial score (nSPS) is 26.8. The average molecular weight is 361 g/mol. The van der Waals surface area contributed by atoms with Crippen molar-refractivity contribution in [2.45, 2.75) is 45.1 Å². The van der Waals surface area contributed by atoms with Gasteiger partial charge in [0.05, 0.1) is 17.2 Å². The van der Waals surface area contributed by atoms with E-state index < -0.39 is 0 Å². The van der Waals surface area contributed by atoms with Crippen molar-refractivity contribution in [3.8, 4) is 0 Å². The minimum absolute atomic E-state index is 0.177. The van der Waals surface area contributed by atoms with Gasteiger partial charge in [0.15, 0.2) is 0 Å². The highest BCUT2D eigenvalue weighted by Gasteiger charge is 2.41. The van der Waals surface area contributed by atoms with Crippen LogP contribution in [0.3, 0.4) is 0 Å². The third kappa shape index (κ3) is 3.32. The summed E-state index contributed by atoms with van der Waals surface area (Å²) >= 11 is 9.51. The Balaban J connectivity index is 2.27. The van der Waals surface area contributed by atoms with Crippen molar-refractivity contribution in [1.82, 2.24) is 0 Å². The highest BCUT2D eigenvalue weighted by molar-refractivity contribution is 9.10. The van der Waals surface area contributed by atoms with Crippen molar-refractivity contribution in [2.24, 2.45) is 11.8 Å². The maximum absolute atomic E-state index is 10.0. The van der Waals surface area contributed by atoms with Crippen LogP contribution in [0.15, 0.2) is 22.7 Å². The summed E-state index contributed by atoms with van der Waals surface area (Å²) in [5.74, 6) is 1.06. The second-order valence-corrected chi connectivity index (χ2v) is 7.43. The summed E-state index contributed by atoms with van der Waals surface area (Å²) < 4.78 is 0.883. The van der Waals surface area contributed by atoms with Crippen molar-refractivity contribution in [3.63, 3.8) is 0 Å². The lowest BCUT2D eigenvalue weighted by atomic mass is 9.68. The summed E-state index contributed by atoms with van der Waals surface area (Å²) in [6.07, 6.45) is 4.63. The quantitative estimate of drug-likeness (QED) is 0.783. The van der Waals surface area contributed by atoms with Crippen molar-refractivity contribution in [3.05, 3.63) is 27.7 Å².